The van der Waals surface area contributed by atoms with E-state index in [1.54, 1.807) is 6.92 Å². The van der Waals surface area contributed by atoms with Gasteiger partial charge in [-0.2, -0.15) is 0 Å². The summed E-state index contributed by atoms with van der Waals surface area (Å²) in [5.74, 6) is -1.78. The number of rotatable bonds is 6. The van der Waals surface area contributed by atoms with Crippen LogP contribution in [0.25, 0.3) is 0 Å². The van der Waals surface area contributed by atoms with Gasteiger partial charge in [-0.3, -0.25) is 19.4 Å². The third-order valence-corrected chi connectivity index (χ3v) is 4.59. The number of esters is 1. The number of aromatic amines is 1. The van der Waals surface area contributed by atoms with Gasteiger partial charge < -0.3 is 15.8 Å². The van der Waals surface area contributed by atoms with Gasteiger partial charge in [0.1, 0.15) is 16.8 Å². The lowest BCUT2D eigenvalue weighted by molar-refractivity contribution is -0.140. The Kier molecular flexibility index (Phi) is 6.34. The van der Waals surface area contributed by atoms with Crippen LogP contribution in [0.1, 0.15) is 23.7 Å². The Morgan fingerprint density at radius 3 is 2.58 bits per heavy atom. The van der Waals surface area contributed by atoms with E-state index in [0.29, 0.717) is 6.42 Å². The van der Waals surface area contributed by atoms with E-state index in [2.05, 4.69) is 20.0 Å². The molecule has 1 heterocycles. The standard InChI is InChI=1S/C16H17FN4O4S/c1-3-10(15(24)25-2)26-16-20-12(18)11(14(23)21-16)19-13(22)8-4-6-9(17)7-5-8/h4-7,10H,3H2,1-2H3,(H,19,22)(H3,18,20,21,23)/t10-/m0/s1. The number of nitrogens with one attached hydrogen (secondary N) is 2. The summed E-state index contributed by atoms with van der Waals surface area (Å²) in [6.07, 6.45) is 0.462. The summed E-state index contributed by atoms with van der Waals surface area (Å²) < 4.78 is 17.6. The Morgan fingerprint density at radius 1 is 1.38 bits per heavy atom. The minimum Gasteiger partial charge on any atom is -0.468 e. The minimum atomic E-state index is -0.671. The third kappa shape index (κ3) is 4.60. The first-order chi connectivity index (χ1) is 12.3. The maximum Gasteiger partial charge on any atom is 0.319 e. The molecule has 0 spiro atoms. The third-order valence-electron chi connectivity index (χ3n) is 3.36. The zero-order chi connectivity index (χ0) is 19.3. The first-order valence-electron chi connectivity index (χ1n) is 7.56. The van der Waals surface area contributed by atoms with Crippen molar-refractivity contribution in [1.29, 1.82) is 0 Å². The van der Waals surface area contributed by atoms with E-state index in [0.717, 1.165) is 23.9 Å². The number of ether oxygens (including phenoxy) is 1. The zero-order valence-electron chi connectivity index (χ0n) is 14.0. The quantitative estimate of drug-likeness (QED) is 0.396. The average Bonchev–Trinajstić information content (AvgIpc) is 2.62. The van der Waals surface area contributed by atoms with Crippen molar-refractivity contribution in [3.63, 3.8) is 0 Å². The minimum absolute atomic E-state index is 0.129. The van der Waals surface area contributed by atoms with E-state index in [1.807, 2.05) is 0 Å². The van der Waals surface area contributed by atoms with E-state index in [4.69, 9.17) is 5.73 Å². The monoisotopic (exact) mass is 380 g/mol. The number of carbonyl (C=O) groups is 2. The average molecular weight is 380 g/mol. The fourth-order valence-corrected chi connectivity index (χ4v) is 2.93. The number of carbonyl (C=O) groups excluding carboxylic acids is 2. The van der Waals surface area contributed by atoms with Crippen LogP contribution in [0.15, 0.2) is 34.2 Å². The van der Waals surface area contributed by atoms with Crippen molar-refractivity contribution in [3.8, 4) is 0 Å². The van der Waals surface area contributed by atoms with Crippen LogP contribution >= 0.6 is 11.8 Å². The number of benzene rings is 1. The Bertz CT molecular complexity index is 870. The summed E-state index contributed by atoms with van der Waals surface area (Å²) in [5.41, 5.74) is 5.02. The largest absolute Gasteiger partial charge is 0.468 e. The molecule has 0 saturated heterocycles. The highest BCUT2D eigenvalue weighted by Crippen LogP contribution is 2.24. The second-order valence-corrected chi connectivity index (χ2v) is 6.32. The maximum atomic E-state index is 12.9. The molecule has 0 fully saturated rings. The van der Waals surface area contributed by atoms with Gasteiger partial charge in [0.05, 0.1) is 7.11 Å². The summed E-state index contributed by atoms with van der Waals surface area (Å²) in [7, 11) is 1.27. The molecule has 0 aliphatic carbocycles. The van der Waals surface area contributed by atoms with Crippen LogP contribution in [0, 0.1) is 5.82 Å². The summed E-state index contributed by atoms with van der Waals surface area (Å²) in [6.45, 7) is 1.79. The molecule has 0 aliphatic heterocycles. The van der Waals surface area contributed by atoms with E-state index < -0.39 is 28.5 Å². The number of anilines is 2. The molecule has 0 aliphatic rings. The van der Waals surface area contributed by atoms with Gasteiger partial charge in [-0.05, 0) is 30.7 Å². The Balaban J connectivity index is 2.21. The van der Waals surface area contributed by atoms with Gasteiger partial charge in [0.2, 0.25) is 0 Å². The lowest BCUT2D eigenvalue weighted by atomic mass is 10.2. The topological polar surface area (TPSA) is 127 Å². The molecule has 1 amide bonds. The zero-order valence-corrected chi connectivity index (χ0v) is 14.9. The van der Waals surface area contributed by atoms with E-state index >= 15 is 0 Å². The molecule has 1 aromatic heterocycles. The van der Waals surface area contributed by atoms with Crippen LogP contribution in [-0.4, -0.2) is 34.2 Å². The molecule has 8 nitrogen and oxygen atoms in total. The van der Waals surface area contributed by atoms with Crippen molar-refractivity contribution in [3.05, 3.63) is 46.0 Å². The number of hydrogen-bond acceptors (Lipinski definition) is 7. The molecule has 1 atom stereocenters. The number of hydrogen-bond donors (Lipinski definition) is 3. The lowest BCUT2D eigenvalue weighted by Crippen LogP contribution is -2.24. The molecule has 0 saturated carbocycles. The van der Waals surface area contributed by atoms with Crippen molar-refractivity contribution in [1.82, 2.24) is 9.97 Å². The smallest absolute Gasteiger partial charge is 0.319 e. The Labute approximate surface area is 152 Å². The highest BCUT2D eigenvalue weighted by molar-refractivity contribution is 8.00. The second-order valence-electron chi connectivity index (χ2n) is 5.13. The van der Waals surface area contributed by atoms with Gasteiger partial charge in [-0.15, -0.1) is 0 Å². The summed E-state index contributed by atoms with van der Waals surface area (Å²) in [4.78, 5) is 42.4. The van der Waals surface area contributed by atoms with Gasteiger partial charge >= 0.3 is 5.97 Å². The molecule has 10 heteroatoms. The molecule has 0 unspecified atom stereocenters. The van der Waals surface area contributed by atoms with Crippen LogP contribution < -0.4 is 16.6 Å². The summed E-state index contributed by atoms with van der Waals surface area (Å²) in [5, 5.41) is 1.92. The van der Waals surface area contributed by atoms with Gasteiger partial charge in [-0.1, -0.05) is 18.7 Å². The van der Waals surface area contributed by atoms with Gasteiger partial charge in [0, 0.05) is 5.56 Å². The molecule has 2 aromatic rings. The molecule has 1 aromatic carbocycles. The molecule has 0 radical (unpaired) electrons. The normalized spacial score (nSPS) is 11.7. The van der Waals surface area contributed by atoms with E-state index in [9.17, 15) is 18.8 Å². The van der Waals surface area contributed by atoms with Crippen LogP contribution in [0.4, 0.5) is 15.9 Å². The van der Waals surface area contributed by atoms with Crippen LogP contribution in [0.3, 0.4) is 0 Å². The summed E-state index contributed by atoms with van der Waals surface area (Å²) >= 11 is 1.000. The Morgan fingerprint density at radius 2 is 2.04 bits per heavy atom. The van der Waals surface area contributed by atoms with Crippen molar-refractivity contribution in [2.75, 3.05) is 18.2 Å². The van der Waals surface area contributed by atoms with E-state index in [1.165, 1.54) is 19.2 Å². The van der Waals surface area contributed by atoms with E-state index in [-0.39, 0.29) is 22.2 Å². The highest BCUT2D eigenvalue weighted by Gasteiger charge is 2.21. The first kappa shape index (κ1) is 19.4. The highest BCUT2D eigenvalue weighted by atomic mass is 32.2. The fraction of sp³-hybridized carbons (Fsp3) is 0.250. The van der Waals surface area contributed by atoms with Crippen molar-refractivity contribution < 1.29 is 18.7 Å². The fourth-order valence-electron chi connectivity index (χ4n) is 2.00. The molecule has 26 heavy (non-hydrogen) atoms. The van der Waals surface area contributed by atoms with Gasteiger partial charge in [0.25, 0.3) is 11.5 Å². The van der Waals surface area contributed by atoms with Crippen LogP contribution in [0.2, 0.25) is 0 Å². The predicted molar refractivity (Wildman–Crippen MR) is 95.6 cm³/mol. The number of nitrogen functional groups attached to an aromatic ring is 1. The van der Waals surface area contributed by atoms with Crippen molar-refractivity contribution in [2.45, 2.75) is 23.8 Å². The number of nitrogens with two attached hydrogens (primary N) is 1. The Hall–Kier alpha value is -2.88. The molecule has 2 rings (SSSR count). The number of methoxy groups -OCH3 is 1. The number of H-pyrrole nitrogens is 1. The van der Waals surface area contributed by atoms with Crippen molar-refractivity contribution in [2.24, 2.45) is 0 Å². The van der Waals surface area contributed by atoms with Gasteiger partial charge in [0.15, 0.2) is 11.0 Å². The van der Waals surface area contributed by atoms with Gasteiger partial charge in [-0.25, -0.2) is 9.37 Å². The van der Waals surface area contributed by atoms with Crippen molar-refractivity contribution >= 4 is 35.1 Å². The lowest BCUT2D eigenvalue weighted by Gasteiger charge is -2.12. The molecule has 0 bridgehead atoms. The number of aromatic nitrogens is 2. The van der Waals surface area contributed by atoms with Crippen LogP contribution in [0.5, 0.6) is 0 Å². The number of halogens is 1. The summed E-state index contributed by atoms with van der Waals surface area (Å²) in [6, 6.07) is 4.79. The number of nitrogens with zero attached hydrogens (tertiary/aromatic N) is 1. The second kappa shape index (κ2) is 8.48. The number of amides is 1. The molecule has 4 N–H and O–H groups in total. The molecule has 138 valence electrons. The predicted octanol–water partition coefficient (Wildman–Crippen LogP) is 1.79. The maximum absolute atomic E-state index is 12.9. The molecular formula is C16H17FN4O4S. The van der Waals surface area contributed by atoms with Crippen LogP contribution in [-0.2, 0) is 9.53 Å². The SMILES string of the molecule is CC[C@H](Sc1nc(N)c(NC(=O)c2ccc(F)cc2)c(=O)[nH]1)C(=O)OC. The first-order valence-corrected chi connectivity index (χ1v) is 8.44. The molecular weight excluding hydrogens is 363 g/mol. The number of thioether (sulfide) groups is 1.